The maximum absolute atomic E-state index is 13.6. The summed E-state index contributed by atoms with van der Waals surface area (Å²) < 4.78 is 10.9. The van der Waals surface area contributed by atoms with Crippen LogP contribution in [0.2, 0.25) is 0 Å². The fraction of sp³-hybridized carbons (Fsp3) is 0.440. The van der Waals surface area contributed by atoms with Crippen LogP contribution in [0.3, 0.4) is 0 Å². The number of ether oxygens (including phenoxy) is 2. The molecule has 162 valence electrons. The topological polar surface area (TPSA) is 59.1 Å². The van der Waals surface area contributed by atoms with Crippen molar-refractivity contribution in [1.82, 2.24) is 9.80 Å². The number of rotatable bonds is 6. The molecule has 1 unspecified atom stereocenters. The molecule has 0 spiro atoms. The Labute approximate surface area is 182 Å². The number of hydrogen-bond donors (Lipinski definition) is 0. The van der Waals surface area contributed by atoms with E-state index in [4.69, 9.17) is 9.47 Å². The van der Waals surface area contributed by atoms with Gasteiger partial charge in [0.15, 0.2) is 11.5 Å². The Morgan fingerprint density at radius 1 is 1.00 bits per heavy atom. The maximum atomic E-state index is 13.6. The molecular formula is C25H28N2O4. The summed E-state index contributed by atoms with van der Waals surface area (Å²) in [4.78, 5) is 30.1. The van der Waals surface area contributed by atoms with Gasteiger partial charge >= 0.3 is 0 Å². The Balaban J connectivity index is 1.31. The van der Waals surface area contributed by atoms with E-state index in [-0.39, 0.29) is 30.6 Å². The van der Waals surface area contributed by atoms with Gasteiger partial charge in [0.05, 0.1) is 5.92 Å². The fourth-order valence-electron chi connectivity index (χ4n) is 4.97. The molecule has 2 aromatic rings. The van der Waals surface area contributed by atoms with Crippen molar-refractivity contribution in [2.45, 2.75) is 51.2 Å². The molecule has 3 aliphatic rings. The molecule has 2 fully saturated rings. The summed E-state index contributed by atoms with van der Waals surface area (Å²) in [5, 5.41) is 0. The highest BCUT2D eigenvalue weighted by molar-refractivity contribution is 5.89. The van der Waals surface area contributed by atoms with E-state index in [9.17, 15) is 9.59 Å². The molecule has 31 heavy (non-hydrogen) atoms. The van der Waals surface area contributed by atoms with Gasteiger partial charge in [-0.25, -0.2) is 0 Å². The van der Waals surface area contributed by atoms with Crippen molar-refractivity contribution in [3.8, 4) is 11.5 Å². The smallest absolute Gasteiger partial charge is 0.231 e. The number of likely N-dealkylation sites (tertiary alicyclic amines) is 1. The molecule has 0 aromatic heterocycles. The summed E-state index contributed by atoms with van der Waals surface area (Å²) in [6.45, 7) is 1.85. The average Bonchev–Trinajstić information content (AvgIpc) is 3.54. The van der Waals surface area contributed by atoms with Gasteiger partial charge in [-0.1, -0.05) is 49.2 Å². The zero-order chi connectivity index (χ0) is 21.2. The third-order valence-corrected chi connectivity index (χ3v) is 6.62. The van der Waals surface area contributed by atoms with Crippen molar-refractivity contribution in [1.29, 1.82) is 0 Å². The standard InChI is InChI=1S/C25H28N2O4/c28-24-13-20(16-26(24)14-18-6-2-1-3-7-18)25(29)27(21-8-4-5-9-21)15-19-10-11-22-23(12-19)31-17-30-22/h1-3,6-7,10-12,20-21H,4-5,8-9,13-17H2. The van der Waals surface area contributed by atoms with E-state index in [1.54, 1.807) is 0 Å². The second-order valence-electron chi connectivity index (χ2n) is 8.75. The van der Waals surface area contributed by atoms with E-state index < -0.39 is 0 Å². The lowest BCUT2D eigenvalue weighted by Crippen LogP contribution is -2.42. The Morgan fingerprint density at radius 3 is 2.58 bits per heavy atom. The number of fused-ring (bicyclic) bond motifs is 1. The number of nitrogens with zero attached hydrogens (tertiary/aromatic N) is 2. The Hall–Kier alpha value is -3.02. The van der Waals surface area contributed by atoms with Crippen molar-refractivity contribution in [3.63, 3.8) is 0 Å². The van der Waals surface area contributed by atoms with Gasteiger partial charge in [-0.05, 0) is 36.1 Å². The van der Waals surface area contributed by atoms with Gasteiger partial charge in [-0.3, -0.25) is 9.59 Å². The first kappa shape index (κ1) is 19.9. The first-order valence-electron chi connectivity index (χ1n) is 11.2. The third kappa shape index (κ3) is 4.24. The van der Waals surface area contributed by atoms with Crippen LogP contribution in [0.1, 0.15) is 43.2 Å². The van der Waals surface area contributed by atoms with E-state index in [0.29, 0.717) is 26.1 Å². The summed E-state index contributed by atoms with van der Waals surface area (Å²) in [6.07, 6.45) is 4.67. The highest BCUT2D eigenvalue weighted by Gasteiger charge is 2.39. The molecule has 2 amide bonds. The van der Waals surface area contributed by atoms with Crippen LogP contribution >= 0.6 is 0 Å². The number of amides is 2. The highest BCUT2D eigenvalue weighted by Crippen LogP contribution is 2.34. The molecule has 2 heterocycles. The van der Waals surface area contributed by atoms with Gasteiger partial charge in [0, 0.05) is 32.1 Å². The Kier molecular flexibility index (Phi) is 5.53. The predicted molar refractivity (Wildman–Crippen MR) is 115 cm³/mol. The van der Waals surface area contributed by atoms with Gasteiger partial charge in [0.2, 0.25) is 18.6 Å². The van der Waals surface area contributed by atoms with Gasteiger partial charge in [-0.2, -0.15) is 0 Å². The van der Waals surface area contributed by atoms with Crippen LogP contribution in [0.15, 0.2) is 48.5 Å². The van der Waals surface area contributed by atoms with Crippen LogP contribution in [0, 0.1) is 5.92 Å². The molecule has 1 saturated carbocycles. The summed E-state index contributed by atoms with van der Waals surface area (Å²) in [5.41, 5.74) is 2.13. The van der Waals surface area contributed by atoms with Crippen LogP contribution in [-0.2, 0) is 22.7 Å². The van der Waals surface area contributed by atoms with Gasteiger partial charge < -0.3 is 19.3 Å². The Bertz CT molecular complexity index is 955. The first-order valence-corrected chi connectivity index (χ1v) is 11.2. The molecule has 0 N–H and O–H groups in total. The van der Waals surface area contributed by atoms with Gasteiger partial charge in [0.1, 0.15) is 0 Å². The lowest BCUT2D eigenvalue weighted by Gasteiger charge is -2.31. The highest BCUT2D eigenvalue weighted by atomic mass is 16.7. The van der Waals surface area contributed by atoms with E-state index in [1.165, 1.54) is 0 Å². The fourth-order valence-corrected chi connectivity index (χ4v) is 4.97. The quantitative estimate of drug-likeness (QED) is 0.714. The SMILES string of the molecule is O=C1CC(C(=O)N(Cc2ccc3c(c2)OCO3)C2CCCC2)CN1Cc1ccccc1. The minimum atomic E-state index is -0.272. The molecular weight excluding hydrogens is 392 g/mol. The zero-order valence-corrected chi connectivity index (χ0v) is 17.7. The summed E-state index contributed by atoms with van der Waals surface area (Å²) in [6, 6.07) is 16.1. The molecule has 6 heteroatoms. The first-order chi connectivity index (χ1) is 15.2. The molecule has 1 aliphatic carbocycles. The van der Waals surface area contributed by atoms with E-state index in [2.05, 4.69) is 0 Å². The van der Waals surface area contributed by atoms with Crippen LogP contribution < -0.4 is 9.47 Å². The minimum absolute atomic E-state index is 0.0663. The second-order valence-corrected chi connectivity index (χ2v) is 8.75. The van der Waals surface area contributed by atoms with E-state index in [1.807, 2.05) is 58.3 Å². The lowest BCUT2D eigenvalue weighted by atomic mass is 10.0. The molecule has 1 atom stereocenters. The predicted octanol–water partition coefficient (Wildman–Crippen LogP) is 3.74. The minimum Gasteiger partial charge on any atom is -0.454 e. The summed E-state index contributed by atoms with van der Waals surface area (Å²) in [5.74, 6) is 1.39. The normalized spacial score (nSPS) is 20.5. The Morgan fingerprint density at radius 2 is 1.77 bits per heavy atom. The molecule has 5 rings (SSSR count). The average molecular weight is 421 g/mol. The lowest BCUT2D eigenvalue weighted by molar-refractivity contribution is -0.138. The molecule has 0 bridgehead atoms. The van der Waals surface area contributed by atoms with Crippen LogP contribution in [0.5, 0.6) is 11.5 Å². The summed E-state index contributed by atoms with van der Waals surface area (Å²) in [7, 11) is 0. The van der Waals surface area contributed by atoms with Crippen molar-refractivity contribution >= 4 is 11.8 Å². The van der Waals surface area contributed by atoms with Gasteiger partial charge in [-0.15, -0.1) is 0 Å². The summed E-state index contributed by atoms with van der Waals surface area (Å²) >= 11 is 0. The molecule has 2 aliphatic heterocycles. The maximum Gasteiger partial charge on any atom is 0.231 e. The van der Waals surface area contributed by atoms with Gasteiger partial charge in [0.25, 0.3) is 0 Å². The third-order valence-electron chi connectivity index (χ3n) is 6.62. The second kappa shape index (κ2) is 8.61. The number of hydrogen-bond acceptors (Lipinski definition) is 4. The molecule has 1 saturated heterocycles. The van der Waals surface area contributed by atoms with Crippen LogP contribution in [0.4, 0.5) is 0 Å². The molecule has 0 radical (unpaired) electrons. The number of benzene rings is 2. The van der Waals surface area contributed by atoms with Crippen LogP contribution in [0.25, 0.3) is 0 Å². The molecule has 6 nitrogen and oxygen atoms in total. The monoisotopic (exact) mass is 420 g/mol. The number of carbonyl (C=O) groups excluding carboxylic acids is 2. The largest absolute Gasteiger partial charge is 0.454 e. The van der Waals surface area contributed by atoms with Crippen molar-refractivity contribution < 1.29 is 19.1 Å². The molecule has 2 aromatic carbocycles. The zero-order valence-electron chi connectivity index (χ0n) is 17.7. The van der Waals surface area contributed by atoms with Crippen molar-refractivity contribution in [3.05, 3.63) is 59.7 Å². The van der Waals surface area contributed by atoms with E-state index >= 15 is 0 Å². The van der Waals surface area contributed by atoms with E-state index in [0.717, 1.165) is 48.3 Å². The van der Waals surface area contributed by atoms with Crippen LogP contribution in [-0.4, -0.2) is 41.0 Å². The number of carbonyl (C=O) groups is 2. The van der Waals surface area contributed by atoms with Crippen molar-refractivity contribution in [2.24, 2.45) is 5.92 Å². The van der Waals surface area contributed by atoms with Crippen molar-refractivity contribution in [2.75, 3.05) is 13.3 Å².